The summed E-state index contributed by atoms with van der Waals surface area (Å²) >= 11 is 0. The van der Waals surface area contributed by atoms with Crippen molar-refractivity contribution in [2.45, 2.75) is 47.5 Å². The van der Waals surface area contributed by atoms with E-state index in [1.165, 1.54) is 16.7 Å². The smallest absolute Gasteiger partial charge is 0.187 e. The van der Waals surface area contributed by atoms with Crippen LogP contribution in [0.4, 0.5) is 0 Å². The van der Waals surface area contributed by atoms with Crippen LogP contribution in [0.5, 0.6) is 0 Å². The molecule has 3 rings (SSSR count). The van der Waals surface area contributed by atoms with Crippen LogP contribution < -0.4 is 5.32 Å². The lowest BCUT2D eigenvalue weighted by Gasteiger charge is -2.11. The molecule has 2 aromatic heterocycles. The van der Waals surface area contributed by atoms with E-state index in [4.69, 9.17) is 0 Å². The van der Waals surface area contributed by atoms with Crippen molar-refractivity contribution in [2.24, 2.45) is 0 Å². The van der Waals surface area contributed by atoms with E-state index in [1.807, 2.05) is 11.6 Å². The van der Waals surface area contributed by atoms with Crippen molar-refractivity contribution in [2.75, 3.05) is 13.1 Å². The van der Waals surface area contributed by atoms with E-state index in [1.54, 1.807) is 0 Å². The number of fused-ring (bicyclic) bond motifs is 1. The molecule has 0 aliphatic rings. The molecule has 132 valence electrons. The maximum atomic E-state index is 4.63. The van der Waals surface area contributed by atoms with E-state index in [0.717, 1.165) is 54.3 Å². The third-order valence-corrected chi connectivity index (χ3v) is 4.35. The fourth-order valence-corrected chi connectivity index (χ4v) is 3.38. The van der Waals surface area contributed by atoms with E-state index in [2.05, 4.69) is 65.4 Å². The molecule has 0 atom stereocenters. The largest absolute Gasteiger partial charge is 0.317 e. The van der Waals surface area contributed by atoms with Gasteiger partial charge in [-0.05, 0) is 64.8 Å². The second kappa shape index (κ2) is 7.27. The normalized spacial score (nSPS) is 11.4. The van der Waals surface area contributed by atoms with Crippen molar-refractivity contribution < 1.29 is 0 Å². The zero-order valence-electron chi connectivity index (χ0n) is 15.7. The van der Waals surface area contributed by atoms with E-state index in [9.17, 15) is 0 Å². The molecule has 6 heteroatoms. The Balaban J connectivity index is 2.06. The van der Waals surface area contributed by atoms with Gasteiger partial charge in [-0.15, -0.1) is 5.10 Å². The number of hydrogen-bond acceptors (Lipinski definition) is 5. The predicted molar refractivity (Wildman–Crippen MR) is 100 cm³/mol. The summed E-state index contributed by atoms with van der Waals surface area (Å²) in [7, 11) is 0. The molecule has 0 unspecified atom stereocenters. The highest BCUT2D eigenvalue weighted by atomic mass is 15.4. The highest BCUT2D eigenvalue weighted by Gasteiger charge is 2.17. The van der Waals surface area contributed by atoms with Crippen LogP contribution in [0.15, 0.2) is 12.1 Å². The molecule has 0 spiro atoms. The van der Waals surface area contributed by atoms with Crippen LogP contribution in [0.25, 0.3) is 16.9 Å². The minimum Gasteiger partial charge on any atom is -0.317 e. The van der Waals surface area contributed by atoms with Gasteiger partial charge in [0, 0.05) is 0 Å². The van der Waals surface area contributed by atoms with Crippen LogP contribution in [0.2, 0.25) is 0 Å². The summed E-state index contributed by atoms with van der Waals surface area (Å²) in [6.07, 6.45) is 1.90. The Morgan fingerprint density at radius 3 is 2.44 bits per heavy atom. The SMILES string of the molecule is CCNCCCc1nc(C)nc2c1nnn2-c1c(C)cc(C)cc1C. The van der Waals surface area contributed by atoms with Gasteiger partial charge in [-0.25, -0.2) is 9.97 Å². The van der Waals surface area contributed by atoms with Crippen molar-refractivity contribution in [1.82, 2.24) is 30.3 Å². The molecular weight excluding hydrogens is 312 g/mol. The molecule has 0 aliphatic heterocycles. The lowest BCUT2D eigenvalue weighted by molar-refractivity contribution is 0.667. The first-order chi connectivity index (χ1) is 12.0. The second-order valence-electron chi connectivity index (χ2n) is 6.60. The second-order valence-corrected chi connectivity index (χ2v) is 6.60. The van der Waals surface area contributed by atoms with Gasteiger partial charge in [-0.3, -0.25) is 0 Å². The molecule has 25 heavy (non-hydrogen) atoms. The summed E-state index contributed by atoms with van der Waals surface area (Å²) in [6.45, 7) is 12.3. The van der Waals surface area contributed by atoms with Crippen LogP contribution >= 0.6 is 0 Å². The summed E-state index contributed by atoms with van der Waals surface area (Å²) in [4.78, 5) is 9.24. The summed E-state index contributed by atoms with van der Waals surface area (Å²) in [5.41, 5.74) is 7.24. The van der Waals surface area contributed by atoms with Gasteiger partial charge in [0.25, 0.3) is 0 Å². The maximum absolute atomic E-state index is 4.63. The van der Waals surface area contributed by atoms with Gasteiger partial charge in [0.15, 0.2) is 11.2 Å². The first-order valence-corrected chi connectivity index (χ1v) is 8.89. The van der Waals surface area contributed by atoms with E-state index >= 15 is 0 Å². The Morgan fingerprint density at radius 1 is 1.04 bits per heavy atom. The zero-order chi connectivity index (χ0) is 18.0. The monoisotopic (exact) mass is 338 g/mol. The number of nitrogens with one attached hydrogen (secondary N) is 1. The number of rotatable bonds is 6. The van der Waals surface area contributed by atoms with Gasteiger partial charge in [-0.1, -0.05) is 29.8 Å². The third-order valence-electron chi connectivity index (χ3n) is 4.35. The lowest BCUT2D eigenvalue weighted by Crippen LogP contribution is -2.15. The van der Waals surface area contributed by atoms with Gasteiger partial charge in [-0.2, -0.15) is 4.68 Å². The van der Waals surface area contributed by atoms with Crippen molar-refractivity contribution in [3.05, 3.63) is 40.3 Å². The molecule has 0 saturated heterocycles. The first kappa shape index (κ1) is 17.5. The number of nitrogens with zero attached hydrogens (tertiary/aromatic N) is 5. The first-order valence-electron chi connectivity index (χ1n) is 8.89. The minimum atomic E-state index is 0.761. The Labute approximate surface area is 148 Å². The molecule has 0 saturated carbocycles. The number of aromatic nitrogens is 5. The summed E-state index contributed by atoms with van der Waals surface area (Å²) in [5, 5.41) is 12.2. The molecule has 6 nitrogen and oxygen atoms in total. The number of aryl methyl sites for hydroxylation is 5. The average Bonchev–Trinajstić information content (AvgIpc) is 2.94. The van der Waals surface area contributed by atoms with Crippen molar-refractivity contribution in [3.8, 4) is 5.69 Å². The summed E-state index contributed by atoms with van der Waals surface area (Å²) < 4.78 is 1.86. The lowest BCUT2D eigenvalue weighted by atomic mass is 10.1. The third kappa shape index (κ3) is 3.54. The molecule has 1 aromatic carbocycles. The van der Waals surface area contributed by atoms with Crippen molar-refractivity contribution >= 4 is 11.2 Å². The van der Waals surface area contributed by atoms with Crippen LogP contribution in [0.1, 0.15) is 41.6 Å². The van der Waals surface area contributed by atoms with Gasteiger partial charge in [0.05, 0.1) is 11.4 Å². The highest BCUT2D eigenvalue weighted by molar-refractivity contribution is 5.75. The molecule has 0 fully saturated rings. The molecule has 0 bridgehead atoms. The molecular formula is C19H26N6. The molecule has 3 aromatic rings. The van der Waals surface area contributed by atoms with Gasteiger partial charge < -0.3 is 5.32 Å². The Hall–Kier alpha value is -2.34. The standard InChI is InChI=1S/C19H26N6/c1-6-20-9-7-8-16-17-19(22-15(5)21-16)25(24-23-17)18-13(3)10-12(2)11-14(18)4/h10-11,20H,6-9H2,1-5H3. The van der Waals surface area contributed by atoms with E-state index in [-0.39, 0.29) is 0 Å². The number of hydrogen-bond donors (Lipinski definition) is 1. The fraction of sp³-hybridized carbons (Fsp3) is 0.474. The zero-order valence-corrected chi connectivity index (χ0v) is 15.7. The summed E-state index contributed by atoms with van der Waals surface area (Å²) in [6, 6.07) is 4.34. The number of benzene rings is 1. The van der Waals surface area contributed by atoms with Crippen molar-refractivity contribution in [3.63, 3.8) is 0 Å². The van der Waals surface area contributed by atoms with E-state index in [0.29, 0.717) is 0 Å². The van der Waals surface area contributed by atoms with E-state index < -0.39 is 0 Å². The van der Waals surface area contributed by atoms with Crippen LogP contribution in [0.3, 0.4) is 0 Å². The van der Waals surface area contributed by atoms with Crippen LogP contribution in [-0.4, -0.2) is 38.1 Å². The quantitative estimate of drug-likeness (QED) is 0.700. The Morgan fingerprint density at radius 2 is 1.76 bits per heavy atom. The fourth-order valence-electron chi connectivity index (χ4n) is 3.38. The molecule has 0 amide bonds. The molecule has 0 radical (unpaired) electrons. The van der Waals surface area contributed by atoms with Crippen molar-refractivity contribution in [1.29, 1.82) is 0 Å². The van der Waals surface area contributed by atoms with Gasteiger partial charge >= 0.3 is 0 Å². The highest BCUT2D eigenvalue weighted by Crippen LogP contribution is 2.24. The summed E-state index contributed by atoms with van der Waals surface area (Å²) in [5.74, 6) is 0.761. The van der Waals surface area contributed by atoms with Gasteiger partial charge in [0.2, 0.25) is 0 Å². The predicted octanol–water partition coefficient (Wildman–Crippen LogP) is 2.99. The van der Waals surface area contributed by atoms with Crippen LogP contribution in [0, 0.1) is 27.7 Å². The maximum Gasteiger partial charge on any atom is 0.187 e. The van der Waals surface area contributed by atoms with Crippen LogP contribution in [-0.2, 0) is 6.42 Å². The Bertz CT molecular complexity index is 873. The minimum absolute atomic E-state index is 0.761. The van der Waals surface area contributed by atoms with Gasteiger partial charge in [0.1, 0.15) is 5.82 Å². The topological polar surface area (TPSA) is 68.5 Å². The molecule has 2 heterocycles. The molecule has 0 aliphatic carbocycles. The Kier molecular flexibility index (Phi) is 5.08. The molecule has 1 N–H and O–H groups in total. The average molecular weight is 338 g/mol.